The molecule has 0 aromatic rings. The lowest BCUT2D eigenvalue weighted by atomic mass is 9.99. The van der Waals surface area contributed by atoms with Crippen LogP contribution in [0, 0.1) is 4.91 Å². The number of carbonyl (C=O) groups excluding carboxylic acids is 1. The van der Waals surface area contributed by atoms with Crippen LogP contribution >= 0.6 is 0 Å². The molecule has 0 amide bonds. The minimum absolute atomic E-state index is 0.204. The molecule has 0 atom stereocenters. The quantitative estimate of drug-likeness (QED) is 0.473. The predicted molar refractivity (Wildman–Crippen MR) is 50.4 cm³/mol. The van der Waals surface area contributed by atoms with Gasteiger partial charge in [0.05, 0.1) is 12.1 Å². The SMILES string of the molecule is CCOC(=O)CCCC(C)(C)N=O. The zero-order valence-electron chi connectivity index (χ0n) is 8.50. The Balaban J connectivity index is 3.55. The molecule has 13 heavy (non-hydrogen) atoms. The molecule has 0 aliphatic rings. The summed E-state index contributed by atoms with van der Waals surface area (Å²) in [7, 11) is 0. The van der Waals surface area contributed by atoms with Crippen molar-refractivity contribution in [3.05, 3.63) is 4.91 Å². The summed E-state index contributed by atoms with van der Waals surface area (Å²) in [6.07, 6.45) is 1.64. The highest BCUT2D eigenvalue weighted by molar-refractivity contribution is 5.69. The van der Waals surface area contributed by atoms with Crippen molar-refractivity contribution in [3.63, 3.8) is 0 Å². The molecular formula is C9H17NO3. The largest absolute Gasteiger partial charge is 0.466 e. The summed E-state index contributed by atoms with van der Waals surface area (Å²) < 4.78 is 4.74. The van der Waals surface area contributed by atoms with Gasteiger partial charge in [-0.15, -0.1) is 0 Å². The Morgan fingerprint density at radius 2 is 2.08 bits per heavy atom. The molecule has 0 heterocycles. The monoisotopic (exact) mass is 187 g/mol. The highest BCUT2D eigenvalue weighted by Crippen LogP contribution is 2.17. The summed E-state index contributed by atoms with van der Waals surface area (Å²) in [5.74, 6) is -0.204. The van der Waals surface area contributed by atoms with E-state index in [-0.39, 0.29) is 5.97 Å². The molecule has 0 spiro atoms. The van der Waals surface area contributed by atoms with Gasteiger partial charge in [-0.3, -0.25) is 4.79 Å². The number of hydrogen-bond acceptors (Lipinski definition) is 4. The first-order valence-electron chi connectivity index (χ1n) is 4.52. The standard InChI is InChI=1S/C9H17NO3/c1-4-13-8(11)6-5-7-9(2,3)10-12/h4-7H2,1-3H3. The predicted octanol–water partition coefficient (Wildman–Crippen LogP) is 2.26. The first-order valence-corrected chi connectivity index (χ1v) is 4.52. The van der Waals surface area contributed by atoms with Gasteiger partial charge in [0, 0.05) is 6.42 Å². The molecule has 0 saturated heterocycles. The van der Waals surface area contributed by atoms with E-state index in [1.165, 1.54) is 0 Å². The van der Waals surface area contributed by atoms with E-state index in [0.29, 0.717) is 25.9 Å². The number of rotatable bonds is 6. The van der Waals surface area contributed by atoms with Gasteiger partial charge >= 0.3 is 5.97 Å². The fourth-order valence-corrected chi connectivity index (χ4v) is 0.944. The second kappa shape index (κ2) is 5.67. The van der Waals surface area contributed by atoms with E-state index in [2.05, 4.69) is 5.18 Å². The normalized spacial score (nSPS) is 11.0. The number of nitroso groups, excluding NO2 is 1. The van der Waals surface area contributed by atoms with Gasteiger partial charge in [-0.1, -0.05) is 5.18 Å². The van der Waals surface area contributed by atoms with Crippen molar-refractivity contribution in [2.75, 3.05) is 6.61 Å². The van der Waals surface area contributed by atoms with Crippen LogP contribution in [-0.4, -0.2) is 18.1 Å². The van der Waals surface area contributed by atoms with Crippen molar-refractivity contribution >= 4 is 5.97 Å². The van der Waals surface area contributed by atoms with Gasteiger partial charge < -0.3 is 4.74 Å². The molecule has 0 radical (unpaired) electrons. The molecule has 0 unspecified atom stereocenters. The van der Waals surface area contributed by atoms with Crippen LogP contribution in [0.5, 0.6) is 0 Å². The smallest absolute Gasteiger partial charge is 0.305 e. The Hall–Kier alpha value is -0.930. The lowest BCUT2D eigenvalue weighted by Crippen LogP contribution is -2.16. The van der Waals surface area contributed by atoms with Crippen LogP contribution in [0.4, 0.5) is 0 Å². The molecule has 4 heteroatoms. The Morgan fingerprint density at radius 1 is 1.46 bits per heavy atom. The lowest BCUT2D eigenvalue weighted by molar-refractivity contribution is -0.143. The van der Waals surface area contributed by atoms with Crippen LogP contribution < -0.4 is 0 Å². The molecule has 0 bridgehead atoms. The van der Waals surface area contributed by atoms with E-state index in [1.807, 2.05) is 0 Å². The first kappa shape index (κ1) is 12.1. The third-order valence-corrected chi connectivity index (χ3v) is 1.72. The van der Waals surface area contributed by atoms with E-state index in [1.54, 1.807) is 20.8 Å². The van der Waals surface area contributed by atoms with E-state index in [0.717, 1.165) is 0 Å². The summed E-state index contributed by atoms with van der Waals surface area (Å²) in [4.78, 5) is 21.1. The molecule has 0 aliphatic carbocycles. The van der Waals surface area contributed by atoms with Crippen LogP contribution in [0.3, 0.4) is 0 Å². The third-order valence-electron chi connectivity index (χ3n) is 1.72. The molecule has 0 rings (SSSR count). The Labute approximate surface area is 78.6 Å². The fourth-order valence-electron chi connectivity index (χ4n) is 0.944. The van der Waals surface area contributed by atoms with Crippen molar-refractivity contribution in [1.29, 1.82) is 0 Å². The first-order chi connectivity index (χ1) is 6.02. The van der Waals surface area contributed by atoms with E-state index in [9.17, 15) is 9.70 Å². The minimum Gasteiger partial charge on any atom is -0.466 e. The third kappa shape index (κ3) is 6.25. The van der Waals surface area contributed by atoms with Crippen molar-refractivity contribution in [2.24, 2.45) is 5.18 Å². The number of hydrogen-bond donors (Lipinski definition) is 0. The van der Waals surface area contributed by atoms with Crippen LogP contribution in [-0.2, 0) is 9.53 Å². The molecule has 0 N–H and O–H groups in total. The van der Waals surface area contributed by atoms with Crippen molar-refractivity contribution in [2.45, 2.75) is 45.6 Å². The van der Waals surface area contributed by atoms with Gasteiger partial charge in [-0.05, 0) is 33.6 Å². The van der Waals surface area contributed by atoms with Crippen molar-refractivity contribution in [1.82, 2.24) is 0 Å². The summed E-state index contributed by atoms with van der Waals surface area (Å²) >= 11 is 0. The number of carbonyl (C=O) groups is 1. The maximum absolute atomic E-state index is 10.9. The van der Waals surface area contributed by atoms with Crippen LogP contribution in [0.1, 0.15) is 40.0 Å². The molecule has 0 fully saturated rings. The second-order valence-electron chi connectivity index (χ2n) is 3.56. The van der Waals surface area contributed by atoms with Gasteiger partial charge in [-0.2, -0.15) is 4.91 Å². The molecular weight excluding hydrogens is 170 g/mol. The minimum atomic E-state index is -0.563. The molecule has 0 saturated carbocycles. The molecule has 76 valence electrons. The van der Waals surface area contributed by atoms with Gasteiger partial charge in [0.1, 0.15) is 0 Å². The Kier molecular flexibility index (Phi) is 5.26. The van der Waals surface area contributed by atoms with Crippen LogP contribution in [0.2, 0.25) is 0 Å². The summed E-state index contributed by atoms with van der Waals surface area (Å²) in [5, 5.41) is 2.96. The number of nitrogens with zero attached hydrogens (tertiary/aromatic N) is 1. The zero-order valence-corrected chi connectivity index (χ0v) is 8.50. The Bertz CT molecular complexity index is 178. The summed E-state index contributed by atoms with van der Waals surface area (Å²) in [6, 6.07) is 0. The second-order valence-corrected chi connectivity index (χ2v) is 3.56. The van der Waals surface area contributed by atoms with Gasteiger partial charge in [-0.25, -0.2) is 0 Å². The Morgan fingerprint density at radius 3 is 2.54 bits per heavy atom. The zero-order chi connectivity index (χ0) is 10.3. The van der Waals surface area contributed by atoms with Gasteiger partial charge in [0.25, 0.3) is 0 Å². The molecule has 0 aliphatic heterocycles. The highest BCUT2D eigenvalue weighted by Gasteiger charge is 2.18. The van der Waals surface area contributed by atoms with Gasteiger partial charge in [0.15, 0.2) is 0 Å². The summed E-state index contributed by atoms with van der Waals surface area (Å²) in [6.45, 7) is 5.69. The average Bonchev–Trinajstić information content (AvgIpc) is 2.05. The maximum atomic E-state index is 10.9. The van der Waals surface area contributed by atoms with Crippen LogP contribution in [0.15, 0.2) is 5.18 Å². The van der Waals surface area contributed by atoms with Gasteiger partial charge in [0.2, 0.25) is 0 Å². The van der Waals surface area contributed by atoms with E-state index >= 15 is 0 Å². The van der Waals surface area contributed by atoms with Crippen molar-refractivity contribution < 1.29 is 9.53 Å². The van der Waals surface area contributed by atoms with E-state index in [4.69, 9.17) is 4.74 Å². The molecule has 0 aromatic heterocycles. The van der Waals surface area contributed by atoms with Crippen molar-refractivity contribution in [3.8, 4) is 0 Å². The summed E-state index contributed by atoms with van der Waals surface area (Å²) in [5.41, 5.74) is -0.563. The average molecular weight is 187 g/mol. The van der Waals surface area contributed by atoms with Crippen LogP contribution in [0.25, 0.3) is 0 Å². The lowest BCUT2D eigenvalue weighted by Gasteiger charge is -2.13. The molecule has 4 nitrogen and oxygen atoms in total. The fraction of sp³-hybridized carbons (Fsp3) is 0.889. The number of esters is 1. The highest BCUT2D eigenvalue weighted by atomic mass is 16.5. The van der Waals surface area contributed by atoms with E-state index < -0.39 is 5.54 Å². The topological polar surface area (TPSA) is 55.7 Å². The number of ether oxygens (including phenoxy) is 1. The maximum Gasteiger partial charge on any atom is 0.305 e. The molecule has 0 aromatic carbocycles.